The van der Waals surface area contributed by atoms with Crippen LogP contribution in [0.25, 0.3) is 0 Å². The molecule has 0 fully saturated rings. The zero-order chi connectivity index (χ0) is 13.8. The number of aromatic nitrogens is 1. The standard InChI is InChI=1S/C15H17N3S/c1-10-6-7-17-15(14(10)9-16)18-11(2)8-13-5-4-12(3)19-13/h4-7,11H,8H2,1-3H3,(H,17,18). The van der Waals surface area contributed by atoms with Gasteiger partial charge in [-0.3, -0.25) is 0 Å². The lowest BCUT2D eigenvalue weighted by atomic mass is 10.1. The van der Waals surface area contributed by atoms with E-state index in [1.165, 1.54) is 9.75 Å². The topological polar surface area (TPSA) is 48.7 Å². The van der Waals surface area contributed by atoms with E-state index in [1.54, 1.807) is 6.20 Å². The van der Waals surface area contributed by atoms with E-state index in [-0.39, 0.29) is 6.04 Å². The van der Waals surface area contributed by atoms with Gasteiger partial charge >= 0.3 is 0 Å². The van der Waals surface area contributed by atoms with Gasteiger partial charge in [-0.1, -0.05) is 0 Å². The average Bonchev–Trinajstić information content (AvgIpc) is 2.75. The van der Waals surface area contributed by atoms with E-state index in [9.17, 15) is 5.26 Å². The molecule has 0 aliphatic heterocycles. The lowest BCUT2D eigenvalue weighted by molar-refractivity contribution is 0.793. The second-order valence-electron chi connectivity index (χ2n) is 4.73. The minimum atomic E-state index is 0.249. The molecule has 0 saturated heterocycles. The number of thiophene rings is 1. The average molecular weight is 271 g/mol. The number of hydrogen-bond acceptors (Lipinski definition) is 4. The van der Waals surface area contributed by atoms with Gasteiger partial charge in [-0.15, -0.1) is 11.3 Å². The number of anilines is 1. The number of pyridine rings is 1. The van der Waals surface area contributed by atoms with Crippen LogP contribution in [0.15, 0.2) is 24.4 Å². The number of nitrogens with zero attached hydrogens (tertiary/aromatic N) is 2. The van der Waals surface area contributed by atoms with Crippen molar-refractivity contribution in [1.82, 2.24) is 4.98 Å². The van der Waals surface area contributed by atoms with E-state index in [0.717, 1.165) is 12.0 Å². The van der Waals surface area contributed by atoms with E-state index < -0.39 is 0 Å². The molecule has 0 aliphatic rings. The highest BCUT2D eigenvalue weighted by Gasteiger charge is 2.10. The van der Waals surface area contributed by atoms with Gasteiger partial charge in [-0.2, -0.15) is 5.26 Å². The van der Waals surface area contributed by atoms with Crippen molar-refractivity contribution in [2.75, 3.05) is 5.32 Å². The van der Waals surface area contributed by atoms with Gasteiger partial charge in [0.15, 0.2) is 0 Å². The second kappa shape index (κ2) is 5.85. The van der Waals surface area contributed by atoms with Crippen LogP contribution in [0.4, 0.5) is 5.82 Å². The molecule has 1 N–H and O–H groups in total. The van der Waals surface area contributed by atoms with Crippen molar-refractivity contribution in [3.63, 3.8) is 0 Å². The molecule has 2 aromatic rings. The Balaban J connectivity index is 2.09. The van der Waals surface area contributed by atoms with Crippen LogP contribution in [-0.4, -0.2) is 11.0 Å². The number of rotatable bonds is 4. The summed E-state index contributed by atoms with van der Waals surface area (Å²) >= 11 is 1.81. The van der Waals surface area contributed by atoms with Crippen LogP contribution in [0.2, 0.25) is 0 Å². The zero-order valence-corrected chi connectivity index (χ0v) is 12.2. The summed E-state index contributed by atoms with van der Waals surface area (Å²) in [7, 11) is 0. The minimum Gasteiger partial charge on any atom is -0.366 e. The molecule has 0 bridgehead atoms. The zero-order valence-electron chi connectivity index (χ0n) is 11.4. The van der Waals surface area contributed by atoms with Crippen molar-refractivity contribution in [3.05, 3.63) is 45.3 Å². The van der Waals surface area contributed by atoms with Crippen molar-refractivity contribution >= 4 is 17.2 Å². The maximum atomic E-state index is 9.18. The highest BCUT2D eigenvalue weighted by molar-refractivity contribution is 7.11. The van der Waals surface area contributed by atoms with Crippen LogP contribution < -0.4 is 5.32 Å². The first-order valence-corrected chi connectivity index (χ1v) is 7.09. The summed E-state index contributed by atoms with van der Waals surface area (Å²) in [5.74, 6) is 0.684. The molecule has 2 aromatic heterocycles. The maximum Gasteiger partial charge on any atom is 0.144 e. The van der Waals surface area contributed by atoms with Gasteiger partial charge in [0.1, 0.15) is 11.9 Å². The molecule has 0 saturated carbocycles. The molecule has 1 atom stereocenters. The van der Waals surface area contributed by atoms with E-state index in [4.69, 9.17) is 0 Å². The minimum absolute atomic E-state index is 0.249. The van der Waals surface area contributed by atoms with Crippen molar-refractivity contribution in [3.8, 4) is 6.07 Å². The lowest BCUT2D eigenvalue weighted by Crippen LogP contribution is -2.19. The van der Waals surface area contributed by atoms with Crippen molar-refractivity contribution in [2.45, 2.75) is 33.2 Å². The molecule has 4 heteroatoms. The van der Waals surface area contributed by atoms with Crippen LogP contribution in [0.1, 0.15) is 27.8 Å². The van der Waals surface area contributed by atoms with E-state index >= 15 is 0 Å². The third-order valence-electron chi connectivity index (χ3n) is 2.96. The van der Waals surface area contributed by atoms with Crippen LogP contribution in [0, 0.1) is 25.2 Å². The summed E-state index contributed by atoms with van der Waals surface area (Å²) < 4.78 is 0. The first-order chi connectivity index (χ1) is 9.10. The van der Waals surface area contributed by atoms with Crippen molar-refractivity contribution < 1.29 is 0 Å². The van der Waals surface area contributed by atoms with Crippen LogP contribution in [0.3, 0.4) is 0 Å². The Morgan fingerprint density at radius 1 is 1.37 bits per heavy atom. The van der Waals surface area contributed by atoms with Gasteiger partial charge in [0, 0.05) is 28.4 Å². The number of nitriles is 1. The van der Waals surface area contributed by atoms with Crippen LogP contribution in [0.5, 0.6) is 0 Å². The normalized spacial score (nSPS) is 11.9. The quantitative estimate of drug-likeness (QED) is 0.923. The van der Waals surface area contributed by atoms with Gasteiger partial charge in [0.2, 0.25) is 0 Å². The lowest BCUT2D eigenvalue weighted by Gasteiger charge is -2.15. The second-order valence-corrected chi connectivity index (χ2v) is 6.10. The third kappa shape index (κ3) is 3.33. The van der Waals surface area contributed by atoms with Gasteiger partial charge < -0.3 is 5.32 Å². The first-order valence-electron chi connectivity index (χ1n) is 6.27. The molecule has 98 valence electrons. The Hall–Kier alpha value is -1.86. The van der Waals surface area contributed by atoms with Crippen LogP contribution in [-0.2, 0) is 6.42 Å². The van der Waals surface area contributed by atoms with Gasteiger partial charge in [0.05, 0.1) is 5.56 Å². The van der Waals surface area contributed by atoms with E-state index in [2.05, 4.69) is 42.4 Å². The molecule has 1 unspecified atom stereocenters. The number of aryl methyl sites for hydroxylation is 2. The fourth-order valence-corrected chi connectivity index (χ4v) is 3.01. The van der Waals surface area contributed by atoms with E-state index in [0.29, 0.717) is 11.4 Å². The number of hydrogen-bond donors (Lipinski definition) is 1. The SMILES string of the molecule is Cc1ccc(CC(C)Nc2nccc(C)c2C#N)s1. The van der Waals surface area contributed by atoms with Gasteiger partial charge in [-0.25, -0.2) is 4.98 Å². The third-order valence-corrected chi connectivity index (χ3v) is 3.98. The summed E-state index contributed by atoms with van der Waals surface area (Å²) in [6.45, 7) is 6.15. The summed E-state index contributed by atoms with van der Waals surface area (Å²) in [5, 5.41) is 12.5. The fraction of sp³-hybridized carbons (Fsp3) is 0.333. The molecule has 19 heavy (non-hydrogen) atoms. The summed E-state index contributed by atoms with van der Waals surface area (Å²) in [6.07, 6.45) is 2.68. The largest absolute Gasteiger partial charge is 0.366 e. The van der Waals surface area contributed by atoms with Gasteiger partial charge in [-0.05, 0) is 44.5 Å². The van der Waals surface area contributed by atoms with Crippen LogP contribution >= 0.6 is 11.3 Å². The highest BCUT2D eigenvalue weighted by atomic mass is 32.1. The molecule has 0 spiro atoms. The number of nitrogens with one attached hydrogen (secondary N) is 1. The molecule has 0 radical (unpaired) electrons. The predicted octanol–water partition coefficient (Wildman–Crippen LogP) is 3.67. The predicted molar refractivity (Wildman–Crippen MR) is 79.5 cm³/mol. The molecule has 0 aliphatic carbocycles. The molecule has 0 amide bonds. The highest BCUT2D eigenvalue weighted by Crippen LogP contribution is 2.20. The Labute approximate surface area is 117 Å². The first kappa shape index (κ1) is 13.6. The molecular formula is C15H17N3S. The summed E-state index contributed by atoms with van der Waals surface area (Å²) in [4.78, 5) is 6.94. The Bertz CT molecular complexity index is 610. The van der Waals surface area contributed by atoms with Crippen molar-refractivity contribution in [1.29, 1.82) is 5.26 Å². The van der Waals surface area contributed by atoms with Gasteiger partial charge in [0.25, 0.3) is 0 Å². The van der Waals surface area contributed by atoms with E-state index in [1.807, 2.05) is 24.3 Å². The molecular weight excluding hydrogens is 254 g/mol. The fourth-order valence-electron chi connectivity index (χ4n) is 1.99. The maximum absolute atomic E-state index is 9.18. The Morgan fingerprint density at radius 2 is 2.16 bits per heavy atom. The molecule has 2 rings (SSSR count). The molecule has 0 aromatic carbocycles. The smallest absolute Gasteiger partial charge is 0.144 e. The Kier molecular flexibility index (Phi) is 4.18. The summed E-state index contributed by atoms with van der Waals surface area (Å²) in [5.41, 5.74) is 1.59. The molecule has 2 heterocycles. The monoisotopic (exact) mass is 271 g/mol. The molecule has 3 nitrogen and oxygen atoms in total. The summed E-state index contributed by atoms with van der Waals surface area (Å²) in [6, 6.07) is 8.62. The van der Waals surface area contributed by atoms with Crippen molar-refractivity contribution in [2.24, 2.45) is 0 Å². The Morgan fingerprint density at radius 3 is 2.79 bits per heavy atom.